The summed E-state index contributed by atoms with van der Waals surface area (Å²) < 4.78 is 18.8. The molecule has 6 heteroatoms. The summed E-state index contributed by atoms with van der Waals surface area (Å²) in [4.78, 5) is 4.30. The first-order valence-corrected chi connectivity index (χ1v) is 6.58. The van der Waals surface area contributed by atoms with Crippen LogP contribution >= 0.6 is 15.9 Å². The van der Waals surface area contributed by atoms with Crippen molar-refractivity contribution < 1.29 is 8.91 Å². The predicted octanol–water partition coefficient (Wildman–Crippen LogP) is 3.89. The zero-order valence-corrected chi connectivity index (χ0v) is 11.8. The van der Waals surface area contributed by atoms with Crippen molar-refractivity contribution in [2.75, 3.05) is 5.73 Å². The first-order chi connectivity index (χ1) is 9.63. The molecule has 0 saturated heterocycles. The van der Waals surface area contributed by atoms with Crippen LogP contribution in [-0.4, -0.2) is 10.1 Å². The third-order valence-electron chi connectivity index (χ3n) is 2.76. The summed E-state index contributed by atoms with van der Waals surface area (Å²) in [5, 5.41) is 3.91. The highest BCUT2D eigenvalue weighted by molar-refractivity contribution is 9.10. The molecule has 1 aromatic heterocycles. The number of halogens is 2. The highest BCUT2D eigenvalue weighted by Crippen LogP contribution is 2.29. The molecular formula is C14H9BrFN3O. The molecule has 4 nitrogen and oxygen atoms in total. The number of nitrogen functional groups attached to an aromatic ring is 1. The summed E-state index contributed by atoms with van der Waals surface area (Å²) >= 11 is 3.27. The van der Waals surface area contributed by atoms with Crippen molar-refractivity contribution in [3.63, 3.8) is 0 Å². The Bertz CT molecular complexity index is 755. The van der Waals surface area contributed by atoms with E-state index in [4.69, 9.17) is 10.3 Å². The number of aromatic nitrogens is 2. The van der Waals surface area contributed by atoms with E-state index in [9.17, 15) is 4.39 Å². The molecule has 0 unspecified atom stereocenters. The second-order valence-corrected chi connectivity index (χ2v) is 5.02. The van der Waals surface area contributed by atoms with Gasteiger partial charge in [0.25, 0.3) is 5.89 Å². The molecule has 2 N–H and O–H groups in total. The van der Waals surface area contributed by atoms with E-state index < -0.39 is 0 Å². The predicted molar refractivity (Wildman–Crippen MR) is 77.2 cm³/mol. The van der Waals surface area contributed by atoms with E-state index in [0.717, 1.165) is 5.56 Å². The monoisotopic (exact) mass is 333 g/mol. The lowest BCUT2D eigenvalue weighted by Gasteiger charge is -1.98. The number of benzene rings is 2. The molecule has 0 aliphatic heterocycles. The molecule has 0 bridgehead atoms. The molecule has 0 atom stereocenters. The second-order valence-electron chi connectivity index (χ2n) is 4.17. The van der Waals surface area contributed by atoms with Crippen LogP contribution in [0.4, 0.5) is 10.1 Å². The lowest BCUT2D eigenvalue weighted by atomic mass is 10.2. The minimum atomic E-state index is -0.334. The average Bonchev–Trinajstić information content (AvgIpc) is 2.89. The first kappa shape index (κ1) is 12.8. The molecule has 3 rings (SSSR count). The van der Waals surface area contributed by atoms with Crippen LogP contribution in [0.2, 0.25) is 0 Å². The zero-order valence-electron chi connectivity index (χ0n) is 10.2. The zero-order chi connectivity index (χ0) is 14.1. The Kier molecular flexibility index (Phi) is 3.23. The number of anilines is 1. The summed E-state index contributed by atoms with van der Waals surface area (Å²) in [6.07, 6.45) is 0. The minimum Gasteiger partial charge on any atom is -0.399 e. The average molecular weight is 334 g/mol. The summed E-state index contributed by atoms with van der Waals surface area (Å²) in [5.41, 5.74) is 7.73. The number of hydrogen-bond acceptors (Lipinski definition) is 4. The summed E-state index contributed by atoms with van der Waals surface area (Å²) in [6.45, 7) is 0. The van der Waals surface area contributed by atoms with Gasteiger partial charge in [-0.05, 0) is 58.4 Å². The van der Waals surface area contributed by atoms with E-state index in [1.165, 1.54) is 12.1 Å². The van der Waals surface area contributed by atoms with Gasteiger partial charge in [-0.2, -0.15) is 4.98 Å². The van der Waals surface area contributed by atoms with Crippen molar-refractivity contribution in [3.05, 3.63) is 52.8 Å². The molecule has 0 spiro atoms. The topological polar surface area (TPSA) is 64.9 Å². The van der Waals surface area contributed by atoms with Gasteiger partial charge in [0.1, 0.15) is 5.82 Å². The quantitative estimate of drug-likeness (QED) is 0.722. The fourth-order valence-corrected chi connectivity index (χ4v) is 2.27. The van der Waals surface area contributed by atoms with Crippen LogP contribution < -0.4 is 5.73 Å². The van der Waals surface area contributed by atoms with Crippen molar-refractivity contribution >= 4 is 21.6 Å². The number of nitrogens with zero attached hydrogens (tertiary/aromatic N) is 2. The lowest BCUT2D eigenvalue weighted by molar-refractivity contribution is 0.432. The summed E-state index contributed by atoms with van der Waals surface area (Å²) in [6, 6.07) is 11.4. The molecule has 0 saturated carbocycles. The molecule has 3 aromatic rings. The van der Waals surface area contributed by atoms with Crippen LogP contribution in [0, 0.1) is 5.82 Å². The highest BCUT2D eigenvalue weighted by Gasteiger charge is 2.13. The molecule has 0 amide bonds. The number of nitrogens with two attached hydrogens (primary N) is 1. The van der Waals surface area contributed by atoms with Crippen molar-refractivity contribution in [2.45, 2.75) is 0 Å². The van der Waals surface area contributed by atoms with E-state index in [0.29, 0.717) is 27.4 Å². The van der Waals surface area contributed by atoms with E-state index in [2.05, 4.69) is 26.1 Å². The third-order valence-corrected chi connectivity index (χ3v) is 3.41. The molecule has 0 aliphatic rings. The van der Waals surface area contributed by atoms with Gasteiger partial charge in [-0.1, -0.05) is 5.16 Å². The van der Waals surface area contributed by atoms with Gasteiger partial charge in [0.2, 0.25) is 5.82 Å². The molecule has 2 aromatic carbocycles. The minimum absolute atomic E-state index is 0.323. The molecule has 1 heterocycles. The SMILES string of the molecule is Nc1ccc(-c2noc(-c3ccc(F)cc3Br)n2)cc1. The Morgan fingerprint density at radius 2 is 1.85 bits per heavy atom. The number of rotatable bonds is 2. The Hall–Kier alpha value is -2.21. The van der Waals surface area contributed by atoms with Crippen LogP contribution in [0.15, 0.2) is 51.5 Å². The maximum atomic E-state index is 13.1. The summed E-state index contributed by atoms with van der Waals surface area (Å²) in [7, 11) is 0. The van der Waals surface area contributed by atoms with Gasteiger partial charge >= 0.3 is 0 Å². The van der Waals surface area contributed by atoms with Crippen LogP contribution in [0.25, 0.3) is 22.8 Å². The Balaban J connectivity index is 1.99. The van der Waals surface area contributed by atoms with Crippen molar-refractivity contribution in [3.8, 4) is 22.8 Å². The van der Waals surface area contributed by atoms with E-state index in [1.54, 1.807) is 18.2 Å². The van der Waals surface area contributed by atoms with E-state index in [1.807, 2.05) is 12.1 Å². The fraction of sp³-hybridized carbons (Fsp3) is 0. The van der Waals surface area contributed by atoms with Gasteiger partial charge in [0, 0.05) is 15.7 Å². The standard InChI is InChI=1S/C14H9BrFN3O/c15-12-7-9(16)3-6-11(12)14-18-13(19-20-14)8-1-4-10(17)5-2-8/h1-7H,17H2. The van der Waals surface area contributed by atoms with E-state index in [-0.39, 0.29) is 5.82 Å². The van der Waals surface area contributed by atoms with Gasteiger partial charge in [-0.15, -0.1) is 0 Å². The highest BCUT2D eigenvalue weighted by atomic mass is 79.9. The van der Waals surface area contributed by atoms with Crippen LogP contribution in [0.1, 0.15) is 0 Å². The van der Waals surface area contributed by atoms with Crippen molar-refractivity contribution in [1.82, 2.24) is 10.1 Å². The fourth-order valence-electron chi connectivity index (χ4n) is 1.75. The van der Waals surface area contributed by atoms with Crippen LogP contribution in [-0.2, 0) is 0 Å². The van der Waals surface area contributed by atoms with Crippen LogP contribution in [0.3, 0.4) is 0 Å². The van der Waals surface area contributed by atoms with Gasteiger partial charge in [0.15, 0.2) is 0 Å². The van der Waals surface area contributed by atoms with E-state index >= 15 is 0 Å². The Labute approximate surface area is 122 Å². The molecule has 0 radical (unpaired) electrons. The maximum absolute atomic E-state index is 13.1. The van der Waals surface area contributed by atoms with Gasteiger partial charge in [-0.25, -0.2) is 4.39 Å². The second kappa shape index (κ2) is 5.05. The lowest BCUT2D eigenvalue weighted by Crippen LogP contribution is -1.85. The Morgan fingerprint density at radius 3 is 2.55 bits per heavy atom. The van der Waals surface area contributed by atoms with Gasteiger partial charge in [0.05, 0.1) is 5.56 Å². The molecule has 0 fully saturated rings. The normalized spacial score (nSPS) is 10.7. The molecule has 0 aliphatic carbocycles. The third kappa shape index (κ3) is 2.42. The summed E-state index contributed by atoms with van der Waals surface area (Å²) in [5.74, 6) is 0.443. The largest absolute Gasteiger partial charge is 0.399 e. The molecule has 20 heavy (non-hydrogen) atoms. The van der Waals surface area contributed by atoms with Crippen molar-refractivity contribution in [2.24, 2.45) is 0 Å². The van der Waals surface area contributed by atoms with Gasteiger partial charge in [-0.3, -0.25) is 0 Å². The Morgan fingerprint density at radius 1 is 1.10 bits per heavy atom. The van der Waals surface area contributed by atoms with Crippen molar-refractivity contribution in [1.29, 1.82) is 0 Å². The number of hydrogen-bond donors (Lipinski definition) is 1. The van der Waals surface area contributed by atoms with Crippen LogP contribution in [0.5, 0.6) is 0 Å². The first-order valence-electron chi connectivity index (χ1n) is 5.78. The molecule has 100 valence electrons. The van der Waals surface area contributed by atoms with Gasteiger partial charge < -0.3 is 10.3 Å². The molecular weight excluding hydrogens is 325 g/mol. The maximum Gasteiger partial charge on any atom is 0.259 e. The smallest absolute Gasteiger partial charge is 0.259 e.